The van der Waals surface area contributed by atoms with E-state index in [4.69, 9.17) is 9.15 Å². The Morgan fingerprint density at radius 2 is 1.76 bits per heavy atom. The molecule has 2 aromatic rings. The van der Waals surface area contributed by atoms with Gasteiger partial charge in [0.2, 0.25) is 5.91 Å². The van der Waals surface area contributed by atoms with Gasteiger partial charge in [-0.15, -0.1) is 0 Å². The normalized spacial score (nSPS) is 22.9. The topological polar surface area (TPSA) is 80.1 Å². The van der Waals surface area contributed by atoms with Gasteiger partial charge in [-0.2, -0.15) is 0 Å². The second-order valence-electron chi connectivity index (χ2n) is 9.32. The summed E-state index contributed by atoms with van der Waals surface area (Å²) in [5.74, 6) is -0.855. The van der Waals surface area contributed by atoms with Crippen LogP contribution >= 0.6 is 0 Å². The van der Waals surface area contributed by atoms with Crippen LogP contribution in [-0.4, -0.2) is 60.4 Å². The van der Waals surface area contributed by atoms with Crippen LogP contribution in [0, 0.1) is 11.8 Å². The van der Waals surface area contributed by atoms with Gasteiger partial charge in [0.25, 0.3) is 5.91 Å². The highest BCUT2D eigenvalue weighted by Gasteiger charge is 2.39. The number of hydrogen-bond acceptors (Lipinski definition) is 5. The zero-order valence-electron chi connectivity index (χ0n) is 20.1. The van der Waals surface area contributed by atoms with Crippen molar-refractivity contribution in [2.24, 2.45) is 11.8 Å². The minimum Gasteiger partial charge on any atom is -0.472 e. The van der Waals surface area contributed by atoms with Crippen molar-refractivity contribution in [1.29, 1.82) is 0 Å². The molecule has 0 aliphatic carbocycles. The standard InChI is InChI=1S/C27H34N2O5/c1-3-19-7-9-20(10-8-19)23-14-24(17-29(16-23)25(30)22-11-13-33-18-22)26(31)28-12-5-6-21(15-28)27(32)34-4-2/h7-11,13,18,21,23-24H,3-6,12,14-17H2,1-2H3/t21-,23-,24+/m1/s1. The van der Waals surface area contributed by atoms with E-state index in [0.717, 1.165) is 24.8 Å². The summed E-state index contributed by atoms with van der Waals surface area (Å²) in [6.45, 7) is 6.21. The van der Waals surface area contributed by atoms with Crippen LogP contribution in [0.2, 0.25) is 0 Å². The lowest BCUT2D eigenvalue weighted by molar-refractivity contribution is -0.152. The summed E-state index contributed by atoms with van der Waals surface area (Å²) in [5, 5.41) is 0. The molecule has 3 heterocycles. The van der Waals surface area contributed by atoms with Crippen LogP contribution in [0.15, 0.2) is 47.3 Å². The number of aryl methyl sites for hydroxylation is 1. The molecule has 2 amide bonds. The summed E-state index contributed by atoms with van der Waals surface area (Å²) in [4.78, 5) is 42.7. The smallest absolute Gasteiger partial charge is 0.310 e. The number of hydrogen-bond donors (Lipinski definition) is 0. The lowest BCUT2D eigenvalue weighted by Gasteiger charge is -2.40. The third-order valence-corrected chi connectivity index (χ3v) is 7.07. The van der Waals surface area contributed by atoms with Crippen molar-refractivity contribution in [1.82, 2.24) is 9.80 Å². The van der Waals surface area contributed by atoms with Gasteiger partial charge < -0.3 is 19.0 Å². The predicted octanol–water partition coefficient (Wildman–Crippen LogP) is 3.89. The Hall–Kier alpha value is -3.09. The fraction of sp³-hybridized carbons (Fsp3) is 0.519. The van der Waals surface area contributed by atoms with Gasteiger partial charge in [-0.05, 0) is 49.8 Å². The maximum atomic E-state index is 13.6. The summed E-state index contributed by atoms with van der Waals surface area (Å²) < 4.78 is 10.3. The Morgan fingerprint density at radius 1 is 1.00 bits per heavy atom. The molecule has 1 aromatic carbocycles. The first-order valence-electron chi connectivity index (χ1n) is 12.4. The van der Waals surface area contributed by atoms with Crippen molar-refractivity contribution in [2.75, 3.05) is 32.8 Å². The van der Waals surface area contributed by atoms with Crippen LogP contribution in [-0.2, 0) is 20.7 Å². The maximum absolute atomic E-state index is 13.6. The quantitative estimate of drug-likeness (QED) is 0.604. The van der Waals surface area contributed by atoms with Crippen molar-refractivity contribution < 1.29 is 23.5 Å². The Labute approximate surface area is 201 Å². The highest BCUT2D eigenvalue weighted by atomic mass is 16.5. The highest BCUT2D eigenvalue weighted by molar-refractivity contribution is 5.94. The molecule has 2 fully saturated rings. The Kier molecular flexibility index (Phi) is 7.70. The zero-order chi connectivity index (χ0) is 24.1. The monoisotopic (exact) mass is 466 g/mol. The molecule has 0 N–H and O–H groups in total. The number of amides is 2. The van der Waals surface area contributed by atoms with Crippen LogP contribution in [0.5, 0.6) is 0 Å². The fourth-order valence-corrected chi connectivity index (χ4v) is 5.17. The van der Waals surface area contributed by atoms with Crippen LogP contribution < -0.4 is 0 Å². The van der Waals surface area contributed by atoms with Crippen LogP contribution in [0.4, 0.5) is 0 Å². The van der Waals surface area contributed by atoms with Gasteiger partial charge in [-0.3, -0.25) is 14.4 Å². The maximum Gasteiger partial charge on any atom is 0.310 e. The first-order chi connectivity index (χ1) is 16.5. The Balaban J connectivity index is 1.53. The molecule has 7 heteroatoms. The lowest BCUT2D eigenvalue weighted by atomic mass is 9.82. The van der Waals surface area contributed by atoms with E-state index in [-0.39, 0.29) is 35.5 Å². The summed E-state index contributed by atoms with van der Waals surface area (Å²) in [6.07, 6.45) is 6.11. The molecule has 1 aromatic heterocycles. The first-order valence-corrected chi connectivity index (χ1v) is 12.4. The molecule has 4 rings (SSSR count). The summed E-state index contributed by atoms with van der Waals surface area (Å²) in [6, 6.07) is 10.1. The number of benzene rings is 1. The number of rotatable bonds is 6. The van der Waals surface area contributed by atoms with Crippen molar-refractivity contribution in [3.63, 3.8) is 0 Å². The molecule has 0 unspecified atom stereocenters. The zero-order valence-corrected chi connectivity index (χ0v) is 20.1. The van der Waals surface area contributed by atoms with Crippen molar-refractivity contribution in [3.8, 4) is 0 Å². The summed E-state index contributed by atoms with van der Waals surface area (Å²) >= 11 is 0. The third-order valence-electron chi connectivity index (χ3n) is 7.07. The number of piperidine rings is 2. The summed E-state index contributed by atoms with van der Waals surface area (Å²) in [5.41, 5.74) is 2.90. The third kappa shape index (κ3) is 5.34. The molecular formula is C27H34N2O5. The Morgan fingerprint density at radius 3 is 2.44 bits per heavy atom. The van der Waals surface area contributed by atoms with E-state index in [0.29, 0.717) is 44.8 Å². The second kappa shape index (κ2) is 10.9. The molecule has 2 saturated heterocycles. The van der Waals surface area contributed by atoms with Gasteiger partial charge >= 0.3 is 5.97 Å². The molecule has 182 valence electrons. The van der Waals surface area contributed by atoms with Crippen molar-refractivity contribution >= 4 is 17.8 Å². The number of furan rings is 1. The average molecular weight is 467 g/mol. The Bertz CT molecular complexity index is 985. The van der Waals surface area contributed by atoms with Gasteiger partial charge in [-0.25, -0.2) is 0 Å². The van der Waals surface area contributed by atoms with E-state index in [1.165, 1.54) is 18.1 Å². The van der Waals surface area contributed by atoms with E-state index >= 15 is 0 Å². The van der Waals surface area contributed by atoms with Gasteiger partial charge in [-0.1, -0.05) is 31.2 Å². The average Bonchev–Trinajstić information content (AvgIpc) is 3.43. The summed E-state index contributed by atoms with van der Waals surface area (Å²) in [7, 11) is 0. The molecule has 0 spiro atoms. The van der Waals surface area contributed by atoms with Crippen LogP contribution in [0.1, 0.15) is 60.5 Å². The number of nitrogens with zero attached hydrogens (tertiary/aromatic N) is 2. The first kappa shape index (κ1) is 24.0. The van der Waals surface area contributed by atoms with Gasteiger partial charge in [0.1, 0.15) is 6.26 Å². The minimum absolute atomic E-state index is 0.0221. The number of carbonyl (C=O) groups excluding carboxylic acids is 3. The number of likely N-dealkylation sites (tertiary alicyclic amines) is 2. The minimum atomic E-state index is -0.318. The molecular weight excluding hydrogens is 432 g/mol. The number of esters is 1. The van der Waals surface area contributed by atoms with Crippen molar-refractivity contribution in [3.05, 3.63) is 59.5 Å². The van der Waals surface area contributed by atoms with E-state index in [2.05, 4.69) is 31.2 Å². The molecule has 0 radical (unpaired) electrons. The second-order valence-corrected chi connectivity index (χ2v) is 9.32. The van der Waals surface area contributed by atoms with Gasteiger partial charge in [0.05, 0.1) is 30.3 Å². The lowest BCUT2D eigenvalue weighted by Crippen LogP contribution is -2.51. The van der Waals surface area contributed by atoms with E-state index in [9.17, 15) is 14.4 Å². The molecule has 7 nitrogen and oxygen atoms in total. The highest BCUT2D eigenvalue weighted by Crippen LogP contribution is 2.33. The van der Waals surface area contributed by atoms with Crippen molar-refractivity contribution in [2.45, 2.75) is 45.4 Å². The van der Waals surface area contributed by atoms with Crippen LogP contribution in [0.3, 0.4) is 0 Å². The van der Waals surface area contributed by atoms with E-state index < -0.39 is 0 Å². The van der Waals surface area contributed by atoms with E-state index in [1.807, 2.05) is 0 Å². The number of ether oxygens (including phenoxy) is 1. The molecule has 34 heavy (non-hydrogen) atoms. The van der Waals surface area contributed by atoms with Crippen LogP contribution in [0.25, 0.3) is 0 Å². The SMILES string of the molecule is CCOC(=O)[C@@H]1CCCN(C(=O)[C@H]2C[C@@H](c3ccc(CC)cc3)CN(C(=O)c3ccoc3)C2)C1. The van der Waals surface area contributed by atoms with E-state index in [1.54, 1.807) is 22.8 Å². The molecule has 0 bridgehead atoms. The number of carbonyl (C=O) groups is 3. The fourth-order valence-electron chi connectivity index (χ4n) is 5.17. The molecule has 3 atom stereocenters. The van der Waals surface area contributed by atoms with Gasteiger partial charge in [0, 0.05) is 32.1 Å². The predicted molar refractivity (Wildman–Crippen MR) is 127 cm³/mol. The molecule has 0 saturated carbocycles. The molecule has 2 aliphatic heterocycles. The largest absolute Gasteiger partial charge is 0.472 e. The van der Waals surface area contributed by atoms with Gasteiger partial charge in [0.15, 0.2) is 0 Å². The molecule has 2 aliphatic rings.